The lowest BCUT2D eigenvalue weighted by Gasteiger charge is -2.27. The summed E-state index contributed by atoms with van der Waals surface area (Å²) >= 11 is 0. The fourth-order valence-corrected chi connectivity index (χ4v) is 2.25. The van der Waals surface area contributed by atoms with Crippen LogP contribution in [0.15, 0.2) is 12.3 Å². The molecule has 0 aromatic carbocycles. The summed E-state index contributed by atoms with van der Waals surface area (Å²) in [4.78, 5) is 2.37. The molecule has 2 heterocycles. The van der Waals surface area contributed by atoms with Crippen LogP contribution in [0.4, 0.5) is 0 Å². The van der Waals surface area contributed by atoms with Crippen LogP contribution in [0, 0.1) is 5.92 Å². The molecule has 4 nitrogen and oxygen atoms in total. The zero-order valence-corrected chi connectivity index (χ0v) is 9.37. The number of hydrogen-bond acceptors (Lipinski definition) is 3. The predicted molar refractivity (Wildman–Crippen MR) is 60.5 cm³/mol. The lowest BCUT2D eigenvalue weighted by atomic mass is 9.99. The zero-order chi connectivity index (χ0) is 10.5. The van der Waals surface area contributed by atoms with Crippen molar-refractivity contribution in [2.24, 2.45) is 5.92 Å². The van der Waals surface area contributed by atoms with E-state index in [0.717, 1.165) is 12.5 Å². The van der Waals surface area contributed by atoms with Gasteiger partial charge in [0.15, 0.2) is 0 Å². The van der Waals surface area contributed by atoms with E-state index < -0.39 is 0 Å². The molecule has 1 fully saturated rings. The van der Waals surface area contributed by atoms with Crippen LogP contribution < -0.4 is 5.32 Å². The minimum Gasteiger partial charge on any atom is -0.316 e. The van der Waals surface area contributed by atoms with Crippen LogP contribution in [0.3, 0.4) is 0 Å². The van der Waals surface area contributed by atoms with Crippen molar-refractivity contribution in [3.8, 4) is 0 Å². The van der Waals surface area contributed by atoms with Gasteiger partial charge in [-0.05, 0) is 45.0 Å². The van der Waals surface area contributed by atoms with Crippen molar-refractivity contribution in [3.63, 3.8) is 0 Å². The Bertz CT molecular complexity index is 264. The lowest BCUT2D eigenvalue weighted by molar-refractivity contribution is 0.235. The molecule has 0 amide bonds. The average Bonchev–Trinajstić information content (AvgIpc) is 2.71. The first-order valence-electron chi connectivity index (χ1n) is 5.72. The predicted octanol–water partition coefficient (Wildman–Crippen LogP) is 0.841. The minimum atomic E-state index is 0.812. The third-order valence-electron chi connectivity index (χ3n) is 2.97. The van der Waals surface area contributed by atoms with Crippen molar-refractivity contribution < 1.29 is 0 Å². The largest absolute Gasteiger partial charge is 0.316 e. The highest BCUT2D eigenvalue weighted by molar-refractivity contribution is 4.96. The first kappa shape index (κ1) is 10.6. The van der Waals surface area contributed by atoms with Gasteiger partial charge in [-0.25, -0.2) is 0 Å². The highest BCUT2D eigenvalue weighted by Gasteiger charge is 2.14. The first-order valence-corrected chi connectivity index (χ1v) is 5.72. The van der Waals surface area contributed by atoms with Gasteiger partial charge < -0.3 is 10.2 Å². The van der Waals surface area contributed by atoms with Gasteiger partial charge in [0.25, 0.3) is 0 Å². The number of piperidine rings is 1. The highest BCUT2D eigenvalue weighted by Crippen LogP contribution is 2.11. The fraction of sp³-hybridized carbons (Fsp3) is 0.727. The average molecular weight is 208 g/mol. The second kappa shape index (κ2) is 5.28. The molecule has 0 radical (unpaired) electrons. The monoisotopic (exact) mass is 208 g/mol. The number of aromatic amines is 1. The smallest absolute Gasteiger partial charge is 0.0492 e. The van der Waals surface area contributed by atoms with Gasteiger partial charge in [-0.3, -0.25) is 5.10 Å². The van der Waals surface area contributed by atoms with Gasteiger partial charge in [0.05, 0.1) is 0 Å². The van der Waals surface area contributed by atoms with Crippen LogP contribution in [0.1, 0.15) is 18.5 Å². The van der Waals surface area contributed by atoms with E-state index >= 15 is 0 Å². The van der Waals surface area contributed by atoms with E-state index in [9.17, 15) is 0 Å². The van der Waals surface area contributed by atoms with E-state index in [4.69, 9.17) is 0 Å². The first-order chi connectivity index (χ1) is 7.34. The van der Waals surface area contributed by atoms with E-state index in [0.29, 0.717) is 0 Å². The molecule has 15 heavy (non-hydrogen) atoms. The molecule has 1 aliphatic rings. The standard InChI is InChI=1S/C11H20N4/c1-15(9-11-4-6-13-14-11)8-10-3-2-5-12-7-10/h4,6,10,12H,2-3,5,7-9H2,1H3,(H,13,14). The van der Waals surface area contributed by atoms with Crippen molar-refractivity contribution in [1.29, 1.82) is 0 Å². The Hall–Kier alpha value is -0.870. The molecule has 84 valence electrons. The van der Waals surface area contributed by atoms with Crippen LogP contribution in [0.5, 0.6) is 0 Å². The summed E-state index contributed by atoms with van der Waals surface area (Å²) < 4.78 is 0. The normalized spacial score (nSPS) is 22.1. The number of hydrogen-bond donors (Lipinski definition) is 2. The topological polar surface area (TPSA) is 44.0 Å². The Morgan fingerprint density at radius 2 is 2.53 bits per heavy atom. The molecule has 1 atom stereocenters. The Labute approximate surface area is 91.1 Å². The molecule has 0 aliphatic carbocycles. The van der Waals surface area contributed by atoms with Crippen LogP contribution in [0.25, 0.3) is 0 Å². The van der Waals surface area contributed by atoms with E-state index in [-0.39, 0.29) is 0 Å². The van der Waals surface area contributed by atoms with Gasteiger partial charge in [-0.15, -0.1) is 0 Å². The molecule has 1 saturated heterocycles. The highest BCUT2D eigenvalue weighted by atomic mass is 15.2. The SMILES string of the molecule is CN(Cc1ccn[nH]1)CC1CCCNC1. The van der Waals surface area contributed by atoms with Crippen molar-refractivity contribution in [1.82, 2.24) is 20.4 Å². The third-order valence-corrected chi connectivity index (χ3v) is 2.97. The molecule has 0 spiro atoms. The molecule has 1 aromatic rings. The summed E-state index contributed by atoms with van der Waals surface area (Å²) in [5.41, 5.74) is 1.20. The molecule has 4 heteroatoms. The lowest BCUT2D eigenvalue weighted by Crippen LogP contribution is -2.36. The quantitative estimate of drug-likeness (QED) is 0.770. The zero-order valence-electron chi connectivity index (χ0n) is 9.37. The maximum atomic E-state index is 3.96. The Morgan fingerprint density at radius 3 is 3.20 bits per heavy atom. The number of rotatable bonds is 4. The number of nitrogens with one attached hydrogen (secondary N) is 2. The second-order valence-electron chi connectivity index (χ2n) is 4.49. The van der Waals surface area contributed by atoms with E-state index in [1.165, 1.54) is 38.2 Å². The number of nitrogens with zero attached hydrogens (tertiary/aromatic N) is 2. The molecule has 0 saturated carbocycles. The van der Waals surface area contributed by atoms with Gasteiger partial charge in [-0.2, -0.15) is 5.10 Å². The van der Waals surface area contributed by atoms with E-state index in [1.807, 2.05) is 12.3 Å². The summed E-state index contributed by atoms with van der Waals surface area (Å²) in [6, 6.07) is 2.04. The van der Waals surface area contributed by atoms with Crippen molar-refractivity contribution in [2.75, 3.05) is 26.7 Å². The number of H-pyrrole nitrogens is 1. The summed E-state index contributed by atoms with van der Waals surface area (Å²) in [6.45, 7) is 4.51. The second-order valence-corrected chi connectivity index (χ2v) is 4.49. The summed E-state index contributed by atoms with van der Waals surface area (Å²) in [7, 11) is 2.18. The molecule has 1 aromatic heterocycles. The van der Waals surface area contributed by atoms with Gasteiger partial charge in [-0.1, -0.05) is 0 Å². The fourth-order valence-electron chi connectivity index (χ4n) is 2.25. The van der Waals surface area contributed by atoms with E-state index in [2.05, 4.69) is 27.5 Å². The van der Waals surface area contributed by atoms with Gasteiger partial charge in [0.1, 0.15) is 0 Å². The van der Waals surface area contributed by atoms with Crippen molar-refractivity contribution in [3.05, 3.63) is 18.0 Å². The molecule has 2 rings (SSSR count). The molecule has 0 bridgehead atoms. The van der Waals surface area contributed by atoms with Crippen LogP contribution in [-0.4, -0.2) is 41.8 Å². The Morgan fingerprint density at radius 1 is 1.60 bits per heavy atom. The molecule has 2 N–H and O–H groups in total. The van der Waals surface area contributed by atoms with Gasteiger partial charge in [0.2, 0.25) is 0 Å². The van der Waals surface area contributed by atoms with Crippen molar-refractivity contribution >= 4 is 0 Å². The molecular weight excluding hydrogens is 188 g/mol. The van der Waals surface area contributed by atoms with E-state index in [1.54, 1.807) is 0 Å². The molecular formula is C11H20N4. The van der Waals surface area contributed by atoms with Crippen LogP contribution in [-0.2, 0) is 6.54 Å². The van der Waals surface area contributed by atoms with Gasteiger partial charge >= 0.3 is 0 Å². The van der Waals surface area contributed by atoms with Crippen LogP contribution in [0.2, 0.25) is 0 Å². The molecule has 1 unspecified atom stereocenters. The summed E-state index contributed by atoms with van der Waals surface area (Å²) in [6.07, 6.45) is 4.49. The van der Waals surface area contributed by atoms with Gasteiger partial charge in [0, 0.05) is 25.0 Å². The maximum Gasteiger partial charge on any atom is 0.0492 e. The summed E-state index contributed by atoms with van der Waals surface area (Å²) in [5, 5.41) is 10.4. The Kier molecular flexibility index (Phi) is 3.75. The maximum absolute atomic E-state index is 3.96. The Balaban J connectivity index is 1.74. The molecule has 1 aliphatic heterocycles. The van der Waals surface area contributed by atoms with Crippen LogP contribution >= 0.6 is 0 Å². The van der Waals surface area contributed by atoms with Crippen molar-refractivity contribution in [2.45, 2.75) is 19.4 Å². The minimum absolute atomic E-state index is 0.812. The third kappa shape index (κ3) is 3.32. The number of aromatic nitrogens is 2. The summed E-state index contributed by atoms with van der Waals surface area (Å²) in [5.74, 6) is 0.812.